The third-order valence-electron chi connectivity index (χ3n) is 2.57. The van der Waals surface area contributed by atoms with Crippen LogP contribution < -0.4 is 11.1 Å². The van der Waals surface area contributed by atoms with Crippen LogP contribution in [0.2, 0.25) is 5.15 Å². The Balaban J connectivity index is 2.06. The van der Waals surface area contributed by atoms with Crippen LogP contribution >= 0.6 is 11.6 Å². The number of halogens is 1. The molecular formula is C9H11ClN4O. The average Bonchev–Trinajstić information content (AvgIpc) is 2.14. The lowest BCUT2D eigenvalue weighted by Crippen LogP contribution is -2.56. The van der Waals surface area contributed by atoms with Crippen molar-refractivity contribution in [3.63, 3.8) is 0 Å². The van der Waals surface area contributed by atoms with E-state index in [-0.39, 0.29) is 5.91 Å². The summed E-state index contributed by atoms with van der Waals surface area (Å²) in [5, 5.41) is 2.92. The zero-order valence-corrected chi connectivity index (χ0v) is 8.79. The number of nitrogens with two attached hydrogens (primary N) is 1. The minimum absolute atomic E-state index is 0.205. The van der Waals surface area contributed by atoms with Crippen LogP contribution in [0.5, 0.6) is 0 Å². The Kier molecular flexibility index (Phi) is 2.58. The van der Waals surface area contributed by atoms with Crippen molar-refractivity contribution >= 4 is 23.3 Å². The summed E-state index contributed by atoms with van der Waals surface area (Å²) in [5.41, 5.74) is 5.12. The SMILES string of the molecule is NC1(C(=O)Nc2cc(Cl)ncn2)CCC1. The van der Waals surface area contributed by atoms with Gasteiger partial charge < -0.3 is 11.1 Å². The fourth-order valence-corrected chi connectivity index (χ4v) is 1.57. The highest BCUT2D eigenvalue weighted by molar-refractivity contribution is 6.29. The normalized spacial score (nSPS) is 18.0. The molecule has 3 N–H and O–H groups in total. The van der Waals surface area contributed by atoms with Crippen molar-refractivity contribution < 1.29 is 4.79 Å². The molecule has 1 amide bonds. The Morgan fingerprint density at radius 2 is 2.27 bits per heavy atom. The van der Waals surface area contributed by atoms with Gasteiger partial charge in [-0.3, -0.25) is 4.79 Å². The van der Waals surface area contributed by atoms with Gasteiger partial charge in [0, 0.05) is 6.07 Å². The largest absolute Gasteiger partial charge is 0.317 e. The topological polar surface area (TPSA) is 80.9 Å². The fourth-order valence-electron chi connectivity index (χ4n) is 1.43. The molecule has 0 aliphatic heterocycles. The molecule has 0 radical (unpaired) electrons. The van der Waals surface area contributed by atoms with Gasteiger partial charge in [0.1, 0.15) is 17.3 Å². The quantitative estimate of drug-likeness (QED) is 0.736. The Bertz CT molecular complexity index is 391. The van der Waals surface area contributed by atoms with E-state index < -0.39 is 5.54 Å². The van der Waals surface area contributed by atoms with E-state index in [1.165, 1.54) is 12.4 Å². The van der Waals surface area contributed by atoms with Crippen LogP contribution in [0.1, 0.15) is 19.3 Å². The number of nitrogens with zero attached hydrogens (tertiary/aromatic N) is 2. The van der Waals surface area contributed by atoms with Crippen LogP contribution in [0.15, 0.2) is 12.4 Å². The summed E-state index contributed by atoms with van der Waals surface area (Å²) in [4.78, 5) is 19.3. The second-order valence-electron chi connectivity index (χ2n) is 3.69. The molecule has 15 heavy (non-hydrogen) atoms. The second kappa shape index (κ2) is 3.75. The van der Waals surface area contributed by atoms with Crippen molar-refractivity contribution in [2.24, 2.45) is 5.73 Å². The molecule has 1 aliphatic carbocycles. The van der Waals surface area contributed by atoms with Crippen molar-refractivity contribution in [3.05, 3.63) is 17.5 Å². The summed E-state index contributed by atoms with van der Waals surface area (Å²) in [6.07, 6.45) is 3.73. The minimum atomic E-state index is -0.725. The zero-order chi connectivity index (χ0) is 10.9. The Morgan fingerprint density at radius 1 is 1.53 bits per heavy atom. The van der Waals surface area contributed by atoms with Gasteiger partial charge in [-0.25, -0.2) is 9.97 Å². The van der Waals surface area contributed by atoms with Gasteiger partial charge in [0.05, 0.1) is 5.54 Å². The number of anilines is 1. The third kappa shape index (κ3) is 2.08. The number of hydrogen-bond acceptors (Lipinski definition) is 4. The van der Waals surface area contributed by atoms with Crippen LogP contribution in [-0.2, 0) is 4.79 Å². The van der Waals surface area contributed by atoms with E-state index in [0.717, 1.165) is 19.3 Å². The van der Waals surface area contributed by atoms with Crippen LogP contribution in [0.25, 0.3) is 0 Å². The van der Waals surface area contributed by atoms with E-state index in [1.54, 1.807) is 0 Å². The minimum Gasteiger partial charge on any atom is -0.317 e. The molecule has 0 aromatic carbocycles. The molecule has 1 heterocycles. The van der Waals surface area contributed by atoms with Crippen molar-refractivity contribution in [1.82, 2.24) is 9.97 Å². The summed E-state index contributed by atoms with van der Waals surface area (Å²) in [6, 6.07) is 1.49. The third-order valence-corrected chi connectivity index (χ3v) is 2.78. The highest BCUT2D eigenvalue weighted by Crippen LogP contribution is 2.30. The number of aromatic nitrogens is 2. The maximum absolute atomic E-state index is 11.7. The smallest absolute Gasteiger partial charge is 0.245 e. The first-order valence-electron chi connectivity index (χ1n) is 4.68. The maximum Gasteiger partial charge on any atom is 0.245 e. The van der Waals surface area contributed by atoms with Crippen molar-refractivity contribution in [1.29, 1.82) is 0 Å². The van der Waals surface area contributed by atoms with Gasteiger partial charge in [-0.15, -0.1) is 0 Å². The van der Waals surface area contributed by atoms with Gasteiger partial charge in [0.15, 0.2) is 0 Å². The molecule has 0 bridgehead atoms. The highest BCUT2D eigenvalue weighted by atomic mass is 35.5. The molecular weight excluding hydrogens is 216 g/mol. The lowest BCUT2D eigenvalue weighted by molar-refractivity contribution is -0.123. The molecule has 1 aromatic rings. The van der Waals surface area contributed by atoms with Crippen molar-refractivity contribution in [3.8, 4) is 0 Å². The first kappa shape index (κ1) is 10.3. The number of rotatable bonds is 2. The lowest BCUT2D eigenvalue weighted by atomic mass is 9.77. The van der Waals surface area contributed by atoms with Gasteiger partial charge in [-0.1, -0.05) is 11.6 Å². The molecule has 6 heteroatoms. The molecule has 80 valence electrons. The summed E-state index contributed by atoms with van der Waals surface area (Å²) >= 11 is 5.66. The predicted octanol–water partition coefficient (Wildman–Crippen LogP) is 0.950. The summed E-state index contributed by atoms with van der Waals surface area (Å²) in [6.45, 7) is 0. The zero-order valence-electron chi connectivity index (χ0n) is 8.03. The number of nitrogens with one attached hydrogen (secondary N) is 1. The molecule has 0 saturated heterocycles. The first-order chi connectivity index (χ1) is 7.10. The summed E-state index contributed by atoms with van der Waals surface area (Å²) in [7, 11) is 0. The monoisotopic (exact) mass is 226 g/mol. The molecule has 5 nitrogen and oxygen atoms in total. The second-order valence-corrected chi connectivity index (χ2v) is 4.08. The Morgan fingerprint density at radius 3 is 2.80 bits per heavy atom. The predicted molar refractivity (Wildman–Crippen MR) is 56.4 cm³/mol. The maximum atomic E-state index is 11.7. The number of carbonyl (C=O) groups excluding carboxylic acids is 1. The van der Waals surface area contributed by atoms with Gasteiger partial charge in [-0.2, -0.15) is 0 Å². The van der Waals surface area contributed by atoms with Crippen molar-refractivity contribution in [2.45, 2.75) is 24.8 Å². The van der Waals surface area contributed by atoms with Gasteiger partial charge in [0.25, 0.3) is 0 Å². The number of amides is 1. The van der Waals surface area contributed by atoms with Crippen LogP contribution in [0.3, 0.4) is 0 Å². The molecule has 1 aliphatic rings. The molecule has 0 atom stereocenters. The molecule has 2 rings (SSSR count). The first-order valence-corrected chi connectivity index (χ1v) is 5.06. The van der Waals surface area contributed by atoms with Gasteiger partial charge in [-0.05, 0) is 19.3 Å². The number of carbonyl (C=O) groups is 1. The van der Waals surface area contributed by atoms with E-state index in [0.29, 0.717) is 11.0 Å². The molecule has 1 fully saturated rings. The average molecular weight is 227 g/mol. The van der Waals surface area contributed by atoms with Gasteiger partial charge >= 0.3 is 0 Å². The Labute approximate surface area is 92.0 Å². The van der Waals surface area contributed by atoms with Crippen LogP contribution in [0, 0.1) is 0 Å². The number of hydrogen-bond donors (Lipinski definition) is 2. The highest BCUT2D eigenvalue weighted by Gasteiger charge is 2.40. The van der Waals surface area contributed by atoms with Crippen LogP contribution in [0.4, 0.5) is 5.82 Å². The summed E-state index contributed by atoms with van der Waals surface area (Å²) in [5.74, 6) is 0.181. The van der Waals surface area contributed by atoms with E-state index in [1.807, 2.05) is 0 Å². The summed E-state index contributed by atoms with van der Waals surface area (Å²) < 4.78 is 0. The fraction of sp³-hybridized carbons (Fsp3) is 0.444. The molecule has 1 saturated carbocycles. The van der Waals surface area contributed by atoms with E-state index in [9.17, 15) is 4.79 Å². The van der Waals surface area contributed by atoms with Crippen molar-refractivity contribution in [2.75, 3.05) is 5.32 Å². The Hall–Kier alpha value is -1.20. The standard InChI is InChI=1S/C9H11ClN4O/c10-6-4-7(13-5-12-6)14-8(15)9(11)2-1-3-9/h4-5H,1-3,11H2,(H,12,13,14,15). The lowest BCUT2D eigenvalue weighted by Gasteiger charge is -2.35. The molecule has 0 spiro atoms. The van der Waals surface area contributed by atoms with Crippen LogP contribution in [-0.4, -0.2) is 21.4 Å². The van der Waals surface area contributed by atoms with E-state index >= 15 is 0 Å². The van der Waals surface area contributed by atoms with E-state index in [4.69, 9.17) is 17.3 Å². The molecule has 1 aromatic heterocycles. The van der Waals surface area contributed by atoms with Gasteiger partial charge in [0.2, 0.25) is 5.91 Å². The van der Waals surface area contributed by atoms with E-state index in [2.05, 4.69) is 15.3 Å². The molecule has 0 unspecified atom stereocenters.